The van der Waals surface area contributed by atoms with Gasteiger partial charge in [-0.05, 0) is 31.0 Å². The van der Waals surface area contributed by atoms with E-state index in [1.165, 1.54) is 0 Å². The van der Waals surface area contributed by atoms with E-state index >= 15 is 0 Å². The first-order valence-electron chi connectivity index (χ1n) is 5.59. The summed E-state index contributed by atoms with van der Waals surface area (Å²) in [4.78, 5) is 0. The lowest BCUT2D eigenvalue weighted by atomic mass is 9.98. The van der Waals surface area contributed by atoms with Crippen molar-refractivity contribution < 1.29 is 4.74 Å². The Morgan fingerprint density at radius 1 is 1.39 bits per heavy atom. The van der Waals surface area contributed by atoms with E-state index in [2.05, 4.69) is 21.0 Å². The highest BCUT2D eigenvalue weighted by atomic mass is 79.9. The van der Waals surface area contributed by atoms with Crippen LogP contribution in [0.5, 0.6) is 5.75 Å². The van der Waals surface area contributed by atoms with Crippen LogP contribution in [0, 0.1) is 13.8 Å². The summed E-state index contributed by atoms with van der Waals surface area (Å²) in [7, 11) is 3.50. The van der Waals surface area contributed by atoms with Gasteiger partial charge in [0.05, 0.1) is 13.3 Å². The zero-order chi connectivity index (χ0) is 13.4. The minimum atomic E-state index is 0.633. The second-order valence-electron chi connectivity index (χ2n) is 4.28. The predicted octanol–water partition coefficient (Wildman–Crippen LogP) is 3.06. The lowest BCUT2D eigenvalue weighted by molar-refractivity contribution is 0.413. The molecule has 0 aliphatic heterocycles. The van der Waals surface area contributed by atoms with Crippen molar-refractivity contribution in [2.45, 2.75) is 13.8 Å². The van der Waals surface area contributed by atoms with Crippen LogP contribution in [0.3, 0.4) is 0 Å². The van der Waals surface area contributed by atoms with Crippen LogP contribution in [0.4, 0.5) is 5.82 Å². The maximum Gasteiger partial charge on any atom is 0.130 e. The summed E-state index contributed by atoms with van der Waals surface area (Å²) in [6.45, 7) is 4.05. The molecule has 4 nitrogen and oxygen atoms in total. The number of halogens is 1. The fraction of sp³-hybridized carbons (Fsp3) is 0.308. The Balaban J connectivity index is 2.81. The van der Waals surface area contributed by atoms with Crippen molar-refractivity contribution in [3.05, 3.63) is 27.9 Å². The van der Waals surface area contributed by atoms with Crippen LogP contribution < -0.4 is 10.5 Å². The third-order valence-corrected chi connectivity index (χ3v) is 3.94. The Hall–Kier alpha value is -1.49. The maximum atomic E-state index is 6.06. The van der Waals surface area contributed by atoms with Gasteiger partial charge in [0, 0.05) is 22.6 Å². The van der Waals surface area contributed by atoms with Crippen molar-refractivity contribution in [1.82, 2.24) is 9.78 Å². The average molecular weight is 310 g/mol. The van der Waals surface area contributed by atoms with Crippen LogP contribution in [0.25, 0.3) is 11.1 Å². The normalized spacial score (nSPS) is 10.7. The molecule has 2 rings (SSSR count). The number of hydrogen-bond donors (Lipinski definition) is 1. The highest BCUT2D eigenvalue weighted by Gasteiger charge is 2.18. The molecule has 0 atom stereocenters. The number of nitrogen functional groups attached to an aromatic ring is 1. The number of rotatable bonds is 2. The summed E-state index contributed by atoms with van der Waals surface area (Å²) in [5, 5.41) is 4.19. The SMILES string of the molecule is COc1c(C)cc(Br)c(C)c1-c1cnn(C)c1N. The van der Waals surface area contributed by atoms with E-state index in [1.807, 2.05) is 27.0 Å². The van der Waals surface area contributed by atoms with Crippen molar-refractivity contribution in [3.8, 4) is 16.9 Å². The molecule has 96 valence electrons. The molecule has 1 heterocycles. The quantitative estimate of drug-likeness (QED) is 0.927. The van der Waals surface area contributed by atoms with Crippen LogP contribution in [-0.4, -0.2) is 16.9 Å². The fourth-order valence-corrected chi connectivity index (χ4v) is 2.62. The van der Waals surface area contributed by atoms with E-state index in [0.717, 1.165) is 32.5 Å². The number of hydrogen-bond acceptors (Lipinski definition) is 3. The van der Waals surface area contributed by atoms with Gasteiger partial charge in [-0.2, -0.15) is 5.10 Å². The average Bonchev–Trinajstić information content (AvgIpc) is 2.65. The summed E-state index contributed by atoms with van der Waals surface area (Å²) >= 11 is 3.57. The molecule has 0 saturated heterocycles. The lowest BCUT2D eigenvalue weighted by Crippen LogP contribution is -2.00. The Bertz CT molecular complexity index is 605. The summed E-state index contributed by atoms with van der Waals surface area (Å²) < 4.78 is 8.22. The van der Waals surface area contributed by atoms with E-state index in [-0.39, 0.29) is 0 Å². The van der Waals surface area contributed by atoms with Gasteiger partial charge in [-0.25, -0.2) is 0 Å². The zero-order valence-electron chi connectivity index (χ0n) is 10.9. The Labute approximate surface area is 115 Å². The molecule has 0 aliphatic carbocycles. The number of anilines is 1. The molecule has 0 unspecified atom stereocenters. The Morgan fingerprint density at radius 2 is 2.06 bits per heavy atom. The van der Waals surface area contributed by atoms with Gasteiger partial charge in [0.15, 0.2) is 0 Å². The molecule has 0 amide bonds. The molecule has 0 spiro atoms. The first-order chi connectivity index (χ1) is 8.47. The van der Waals surface area contributed by atoms with Crippen LogP contribution >= 0.6 is 15.9 Å². The molecule has 0 radical (unpaired) electrons. The molecule has 2 N–H and O–H groups in total. The van der Waals surface area contributed by atoms with E-state index in [1.54, 1.807) is 18.0 Å². The summed E-state index contributed by atoms with van der Waals surface area (Å²) in [6, 6.07) is 2.05. The van der Waals surface area contributed by atoms with Gasteiger partial charge in [0.2, 0.25) is 0 Å². The van der Waals surface area contributed by atoms with Crippen molar-refractivity contribution in [1.29, 1.82) is 0 Å². The molecule has 1 aromatic carbocycles. The molecule has 5 heteroatoms. The first-order valence-corrected chi connectivity index (χ1v) is 6.38. The highest BCUT2D eigenvalue weighted by molar-refractivity contribution is 9.10. The minimum absolute atomic E-state index is 0.633. The first kappa shape index (κ1) is 13.0. The summed E-state index contributed by atoms with van der Waals surface area (Å²) in [5.74, 6) is 1.48. The van der Waals surface area contributed by atoms with E-state index in [4.69, 9.17) is 10.5 Å². The van der Waals surface area contributed by atoms with Gasteiger partial charge in [-0.1, -0.05) is 15.9 Å². The van der Waals surface area contributed by atoms with E-state index in [9.17, 15) is 0 Å². The maximum absolute atomic E-state index is 6.06. The number of nitrogens with two attached hydrogens (primary N) is 1. The second kappa shape index (κ2) is 4.65. The van der Waals surface area contributed by atoms with Crippen molar-refractivity contribution in [2.24, 2.45) is 7.05 Å². The number of benzene rings is 1. The van der Waals surface area contributed by atoms with E-state index < -0.39 is 0 Å². The molecular weight excluding hydrogens is 294 g/mol. The van der Waals surface area contributed by atoms with Crippen LogP contribution in [0.1, 0.15) is 11.1 Å². The van der Waals surface area contributed by atoms with E-state index in [0.29, 0.717) is 5.82 Å². The smallest absolute Gasteiger partial charge is 0.130 e. The molecule has 1 aromatic heterocycles. The minimum Gasteiger partial charge on any atom is -0.496 e. The number of aryl methyl sites for hydroxylation is 2. The number of methoxy groups -OCH3 is 1. The van der Waals surface area contributed by atoms with Gasteiger partial charge in [0.25, 0.3) is 0 Å². The molecule has 0 bridgehead atoms. The van der Waals surface area contributed by atoms with Crippen molar-refractivity contribution >= 4 is 21.7 Å². The molecular formula is C13H16BrN3O. The molecule has 0 fully saturated rings. The predicted molar refractivity (Wildman–Crippen MR) is 76.8 cm³/mol. The van der Waals surface area contributed by atoms with Gasteiger partial charge >= 0.3 is 0 Å². The standard InChI is InChI=1S/C13H16BrN3O/c1-7-5-10(14)8(2)11(12(7)18-4)9-6-16-17(3)13(9)15/h5-6H,15H2,1-4H3. The Morgan fingerprint density at radius 3 is 2.56 bits per heavy atom. The monoisotopic (exact) mass is 309 g/mol. The van der Waals surface area contributed by atoms with Crippen molar-refractivity contribution in [2.75, 3.05) is 12.8 Å². The fourth-order valence-electron chi connectivity index (χ4n) is 2.08. The summed E-state index contributed by atoms with van der Waals surface area (Å²) in [6.07, 6.45) is 1.77. The summed E-state index contributed by atoms with van der Waals surface area (Å²) in [5.41, 5.74) is 10.1. The highest BCUT2D eigenvalue weighted by Crippen LogP contribution is 2.41. The van der Waals surface area contributed by atoms with Crippen molar-refractivity contribution in [3.63, 3.8) is 0 Å². The molecule has 18 heavy (non-hydrogen) atoms. The number of nitrogens with zero attached hydrogens (tertiary/aromatic N) is 2. The van der Waals surface area contributed by atoms with Gasteiger partial charge in [-0.3, -0.25) is 4.68 Å². The topological polar surface area (TPSA) is 53.1 Å². The molecule has 0 aliphatic rings. The third-order valence-electron chi connectivity index (χ3n) is 3.12. The third kappa shape index (κ3) is 1.88. The van der Waals surface area contributed by atoms with Crippen LogP contribution in [0.15, 0.2) is 16.7 Å². The number of ether oxygens (including phenoxy) is 1. The van der Waals surface area contributed by atoms with Gasteiger partial charge in [0.1, 0.15) is 11.6 Å². The second-order valence-corrected chi connectivity index (χ2v) is 5.13. The van der Waals surface area contributed by atoms with Gasteiger partial charge < -0.3 is 10.5 Å². The molecule has 0 saturated carbocycles. The number of aromatic nitrogens is 2. The largest absolute Gasteiger partial charge is 0.496 e. The zero-order valence-corrected chi connectivity index (χ0v) is 12.5. The Kier molecular flexibility index (Phi) is 3.34. The molecule has 2 aromatic rings. The van der Waals surface area contributed by atoms with Crippen LogP contribution in [0.2, 0.25) is 0 Å². The van der Waals surface area contributed by atoms with Gasteiger partial charge in [-0.15, -0.1) is 0 Å². The lowest BCUT2D eigenvalue weighted by Gasteiger charge is -2.15. The van der Waals surface area contributed by atoms with Crippen LogP contribution in [-0.2, 0) is 7.05 Å².